The molecule has 0 fully saturated rings. The van der Waals surface area contributed by atoms with Crippen molar-refractivity contribution < 1.29 is 13.3 Å². The Balaban J connectivity index is 1.81. The largest absolute Gasteiger partial charge is 0.357 e. The summed E-state index contributed by atoms with van der Waals surface area (Å²) in [5, 5.41) is 12.5. The molecule has 0 unspecified atom stereocenters. The molecule has 0 aliphatic carbocycles. The monoisotopic (exact) mass is 407 g/mol. The molecule has 0 bridgehead atoms. The fourth-order valence-corrected chi connectivity index (χ4v) is 4.59. The number of hydrogen-bond acceptors (Lipinski definition) is 4. The molecule has 0 saturated carbocycles. The lowest BCUT2D eigenvalue weighted by atomic mass is 10.1. The molecule has 9 heteroatoms. The minimum absolute atomic E-state index is 0.0876. The fourth-order valence-electron chi connectivity index (χ4n) is 3.07. The molecule has 0 saturated heterocycles. The van der Waals surface area contributed by atoms with Crippen LogP contribution in [0, 0.1) is 24.0 Å². The molecular formula is C18H18ClN3O4S. The fraction of sp³-hybridized carbons (Fsp3) is 0.222. The molecule has 3 rings (SSSR count). The second kappa shape index (κ2) is 7.30. The number of nitro benzene ring substituents is 1. The van der Waals surface area contributed by atoms with Crippen LogP contribution in [0.5, 0.6) is 0 Å². The lowest BCUT2D eigenvalue weighted by Gasteiger charge is -2.09. The zero-order chi connectivity index (χ0) is 19.8. The number of hydrogen-bond donors (Lipinski definition) is 2. The first kappa shape index (κ1) is 19.3. The second-order valence-electron chi connectivity index (χ2n) is 6.25. The topological polar surface area (TPSA) is 105 Å². The van der Waals surface area contributed by atoms with Gasteiger partial charge >= 0.3 is 0 Å². The molecule has 7 nitrogen and oxygen atoms in total. The predicted molar refractivity (Wildman–Crippen MR) is 105 cm³/mol. The Hall–Kier alpha value is -2.42. The van der Waals surface area contributed by atoms with Crippen molar-refractivity contribution in [3.8, 4) is 0 Å². The van der Waals surface area contributed by atoms with Crippen molar-refractivity contribution in [2.45, 2.75) is 25.2 Å². The number of aromatic amines is 1. The van der Waals surface area contributed by atoms with Crippen LogP contribution in [0.15, 0.2) is 41.3 Å². The number of nitrogens with one attached hydrogen (secondary N) is 2. The van der Waals surface area contributed by atoms with Gasteiger partial charge in [0.25, 0.3) is 5.69 Å². The van der Waals surface area contributed by atoms with Gasteiger partial charge in [-0.15, -0.1) is 0 Å². The van der Waals surface area contributed by atoms with E-state index in [0.717, 1.165) is 28.2 Å². The molecule has 142 valence electrons. The van der Waals surface area contributed by atoms with Gasteiger partial charge in [-0.2, -0.15) is 0 Å². The molecule has 1 heterocycles. The normalized spacial score (nSPS) is 11.8. The van der Waals surface area contributed by atoms with Crippen molar-refractivity contribution in [1.82, 2.24) is 9.71 Å². The first-order chi connectivity index (χ1) is 12.7. The van der Waals surface area contributed by atoms with E-state index in [1.54, 1.807) is 13.0 Å². The Kier molecular flexibility index (Phi) is 5.23. The maximum Gasteiger partial charge on any atom is 0.270 e. The summed E-state index contributed by atoms with van der Waals surface area (Å²) in [4.78, 5) is 13.4. The molecule has 27 heavy (non-hydrogen) atoms. The van der Waals surface area contributed by atoms with Crippen LogP contribution in [0.2, 0.25) is 5.02 Å². The molecule has 0 aliphatic heterocycles. The average Bonchev–Trinajstić information content (AvgIpc) is 2.92. The van der Waals surface area contributed by atoms with Crippen molar-refractivity contribution in [2.24, 2.45) is 0 Å². The van der Waals surface area contributed by atoms with Crippen LogP contribution in [-0.4, -0.2) is 24.9 Å². The van der Waals surface area contributed by atoms with Gasteiger partial charge in [-0.3, -0.25) is 10.1 Å². The summed E-state index contributed by atoms with van der Waals surface area (Å²) >= 11 is 6.19. The summed E-state index contributed by atoms with van der Waals surface area (Å²) in [7, 11) is -3.87. The highest BCUT2D eigenvalue weighted by molar-refractivity contribution is 7.89. The van der Waals surface area contributed by atoms with E-state index in [1.807, 2.05) is 19.1 Å². The van der Waals surface area contributed by atoms with Crippen LogP contribution in [0.3, 0.4) is 0 Å². The summed E-state index contributed by atoms with van der Waals surface area (Å²) in [5.74, 6) is 0. The minimum atomic E-state index is -3.87. The van der Waals surface area contributed by atoms with Crippen molar-refractivity contribution in [3.05, 3.63) is 68.4 Å². The van der Waals surface area contributed by atoms with Gasteiger partial charge in [0, 0.05) is 29.8 Å². The molecule has 3 aromatic rings. The molecule has 0 aliphatic rings. The van der Waals surface area contributed by atoms with E-state index in [4.69, 9.17) is 11.6 Å². The number of aromatic nitrogens is 1. The number of nitrogens with zero attached hydrogens (tertiary/aromatic N) is 1. The zero-order valence-corrected chi connectivity index (χ0v) is 16.3. The first-order valence-corrected chi connectivity index (χ1v) is 10.1. The molecule has 0 amide bonds. The molecule has 0 atom stereocenters. The van der Waals surface area contributed by atoms with E-state index in [0.29, 0.717) is 17.0 Å². The highest BCUT2D eigenvalue weighted by Gasteiger charge is 2.20. The minimum Gasteiger partial charge on any atom is -0.357 e. The smallest absolute Gasteiger partial charge is 0.270 e. The molecular weight excluding hydrogens is 390 g/mol. The van der Waals surface area contributed by atoms with Crippen LogP contribution >= 0.6 is 11.6 Å². The number of benzene rings is 2. The van der Waals surface area contributed by atoms with E-state index in [1.165, 1.54) is 12.1 Å². The lowest BCUT2D eigenvalue weighted by molar-refractivity contribution is -0.385. The second-order valence-corrected chi connectivity index (χ2v) is 8.39. The van der Waals surface area contributed by atoms with Gasteiger partial charge < -0.3 is 4.98 Å². The van der Waals surface area contributed by atoms with Gasteiger partial charge in [0.05, 0.1) is 20.4 Å². The van der Waals surface area contributed by atoms with E-state index in [9.17, 15) is 18.5 Å². The Bertz CT molecular complexity index is 1140. The third kappa shape index (κ3) is 3.83. The lowest BCUT2D eigenvalue weighted by Crippen LogP contribution is -2.26. The molecule has 0 spiro atoms. The zero-order valence-electron chi connectivity index (χ0n) is 14.7. The summed E-state index contributed by atoms with van der Waals surface area (Å²) in [6, 6.07) is 9.36. The third-order valence-electron chi connectivity index (χ3n) is 4.44. The molecule has 2 N–H and O–H groups in total. The van der Waals surface area contributed by atoms with E-state index >= 15 is 0 Å². The van der Waals surface area contributed by atoms with Crippen LogP contribution in [0.4, 0.5) is 5.69 Å². The Morgan fingerprint density at radius 3 is 2.67 bits per heavy atom. The average molecular weight is 408 g/mol. The Morgan fingerprint density at radius 2 is 1.96 bits per heavy atom. The standard InChI is InChI=1S/C18H18ClN3O4S/c1-11-6-7-13(22(23)24)10-17(11)27(25,26)20-9-8-14-12(2)21-18-15(14)4-3-5-16(18)19/h3-7,10,20-21H,8-9H2,1-2H3. The summed E-state index contributed by atoms with van der Waals surface area (Å²) in [6.07, 6.45) is 0.458. The van der Waals surface area contributed by atoms with Crippen molar-refractivity contribution in [2.75, 3.05) is 6.54 Å². The maximum absolute atomic E-state index is 12.6. The quantitative estimate of drug-likeness (QED) is 0.478. The number of sulfonamides is 1. The number of nitro groups is 1. The number of aryl methyl sites for hydroxylation is 2. The summed E-state index contributed by atoms with van der Waals surface area (Å²) in [6.45, 7) is 3.67. The van der Waals surface area contributed by atoms with Crippen LogP contribution < -0.4 is 4.72 Å². The molecule has 1 aromatic heterocycles. The SMILES string of the molecule is Cc1ccc([N+](=O)[O-])cc1S(=O)(=O)NCCc1c(C)[nH]c2c(Cl)cccc12. The number of H-pyrrole nitrogens is 1. The van der Waals surface area contributed by atoms with Gasteiger partial charge in [-0.05, 0) is 37.5 Å². The predicted octanol–water partition coefficient (Wildman–Crippen LogP) is 3.87. The summed E-state index contributed by atoms with van der Waals surface area (Å²) < 4.78 is 27.7. The number of fused-ring (bicyclic) bond motifs is 1. The molecule has 0 radical (unpaired) electrons. The Labute approximate surface area is 161 Å². The number of para-hydroxylation sites is 1. The van der Waals surface area contributed by atoms with Crippen LogP contribution in [0.1, 0.15) is 16.8 Å². The van der Waals surface area contributed by atoms with E-state index in [-0.39, 0.29) is 17.1 Å². The van der Waals surface area contributed by atoms with E-state index in [2.05, 4.69) is 9.71 Å². The van der Waals surface area contributed by atoms with Gasteiger partial charge in [0.2, 0.25) is 10.0 Å². The van der Waals surface area contributed by atoms with Crippen molar-refractivity contribution in [1.29, 1.82) is 0 Å². The van der Waals surface area contributed by atoms with Gasteiger partial charge in [0.15, 0.2) is 0 Å². The van der Waals surface area contributed by atoms with Crippen LogP contribution in [-0.2, 0) is 16.4 Å². The van der Waals surface area contributed by atoms with Crippen molar-refractivity contribution in [3.63, 3.8) is 0 Å². The molecule has 2 aromatic carbocycles. The van der Waals surface area contributed by atoms with Crippen molar-refractivity contribution >= 4 is 38.2 Å². The number of rotatable bonds is 6. The van der Waals surface area contributed by atoms with E-state index < -0.39 is 14.9 Å². The highest BCUT2D eigenvalue weighted by Crippen LogP contribution is 2.28. The van der Waals surface area contributed by atoms with Gasteiger partial charge in [-0.1, -0.05) is 29.8 Å². The Morgan fingerprint density at radius 1 is 1.22 bits per heavy atom. The number of halogens is 1. The number of non-ortho nitro benzene ring substituents is 1. The third-order valence-corrected chi connectivity index (χ3v) is 6.36. The van der Waals surface area contributed by atoms with Gasteiger partial charge in [-0.25, -0.2) is 13.1 Å². The first-order valence-electron chi connectivity index (χ1n) is 8.21. The maximum atomic E-state index is 12.6. The van der Waals surface area contributed by atoms with Crippen LogP contribution in [0.25, 0.3) is 10.9 Å². The highest BCUT2D eigenvalue weighted by atomic mass is 35.5. The summed E-state index contributed by atoms with van der Waals surface area (Å²) in [5.41, 5.74) is 2.91. The van der Waals surface area contributed by atoms with Gasteiger partial charge in [0.1, 0.15) is 0 Å².